The SMILES string of the molecule is COCCCNC(=O)c1c(NC(=O)C(C)Sc2ccccc2)sc2c1CCCC2. The van der Waals surface area contributed by atoms with Crippen LogP contribution in [-0.2, 0) is 22.4 Å². The third-order valence-electron chi connectivity index (χ3n) is 4.87. The lowest BCUT2D eigenvalue weighted by molar-refractivity contribution is -0.115. The van der Waals surface area contributed by atoms with Crippen molar-refractivity contribution >= 4 is 39.9 Å². The second-order valence-electron chi connectivity index (χ2n) is 7.08. The first kappa shape index (κ1) is 21.9. The van der Waals surface area contributed by atoms with Crippen LogP contribution in [-0.4, -0.2) is 37.3 Å². The predicted molar refractivity (Wildman–Crippen MR) is 120 cm³/mol. The molecule has 3 rings (SSSR count). The van der Waals surface area contributed by atoms with Crippen molar-refractivity contribution in [2.45, 2.75) is 49.2 Å². The van der Waals surface area contributed by atoms with Crippen LogP contribution in [0.2, 0.25) is 0 Å². The van der Waals surface area contributed by atoms with Gasteiger partial charge >= 0.3 is 0 Å². The van der Waals surface area contributed by atoms with Crippen LogP contribution < -0.4 is 10.6 Å². The molecule has 2 amide bonds. The standard InChI is InChI=1S/C22H28N2O3S2/c1-15(28-16-9-4-3-5-10-16)20(25)24-22-19(21(26)23-13-8-14-27-2)17-11-6-7-12-18(17)29-22/h3-5,9-10,15H,6-8,11-14H2,1-2H3,(H,23,26)(H,24,25). The maximum Gasteiger partial charge on any atom is 0.254 e. The first-order valence-corrected chi connectivity index (χ1v) is 11.7. The number of rotatable bonds is 9. The molecule has 1 aromatic carbocycles. The fourth-order valence-electron chi connectivity index (χ4n) is 3.37. The van der Waals surface area contributed by atoms with Gasteiger partial charge in [0.15, 0.2) is 0 Å². The number of aryl methyl sites for hydroxylation is 1. The van der Waals surface area contributed by atoms with Gasteiger partial charge in [-0.3, -0.25) is 9.59 Å². The lowest BCUT2D eigenvalue weighted by atomic mass is 9.95. The van der Waals surface area contributed by atoms with Crippen LogP contribution in [0.25, 0.3) is 0 Å². The molecular weight excluding hydrogens is 404 g/mol. The topological polar surface area (TPSA) is 67.4 Å². The molecule has 1 unspecified atom stereocenters. The van der Waals surface area contributed by atoms with Crippen molar-refractivity contribution < 1.29 is 14.3 Å². The number of hydrogen-bond acceptors (Lipinski definition) is 5. The molecule has 1 aliphatic rings. The summed E-state index contributed by atoms with van der Waals surface area (Å²) in [6, 6.07) is 9.88. The zero-order chi connectivity index (χ0) is 20.6. The lowest BCUT2D eigenvalue weighted by Crippen LogP contribution is -2.28. The molecule has 0 aliphatic heterocycles. The number of anilines is 1. The maximum atomic E-state index is 12.9. The molecule has 156 valence electrons. The number of nitrogens with one attached hydrogen (secondary N) is 2. The molecule has 5 nitrogen and oxygen atoms in total. The van der Waals surface area contributed by atoms with Crippen LogP contribution in [0.5, 0.6) is 0 Å². The number of carbonyl (C=O) groups is 2. The second kappa shape index (κ2) is 10.8. The fourth-order valence-corrected chi connectivity index (χ4v) is 5.55. The number of thiophene rings is 1. The molecule has 7 heteroatoms. The minimum absolute atomic E-state index is 0.0779. The summed E-state index contributed by atoms with van der Waals surface area (Å²) in [6.07, 6.45) is 4.86. The summed E-state index contributed by atoms with van der Waals surface area (Å²) < 4.78 is 5.05. The first-order valence-electron chi connectivity index (χ1n) is 10.0. The molecule has 0 radical (unpaired) electrons. The van der Waals surface area contributed by atoms with Crippen LogP contribution >= 0.6 is 23.1 Å². The summed E-state index contributed by atoms with van der Waals surface area (Å²) in [5, 5.41) is 6.46. The largest absolute Gasteiger partial charge is 0.385 e. The van der Waals surface area contributed by atoms with Crippen molar-refractivity contribution in [1.82, 2.24) is 5.32 Å². The molecule has 1 atom stereocenters. The Balaban J connectivity index is 1.73. The molecular formula is C22H28N2O3S2. The minimum atomic E-state index is -0.255. The number of methoxy groups -OCH3 is 1. The van der Waals surface area contributed by atoms with Gasteiger partial charge in [0, 0.05) is 30.0 Å². The van der Waals surface area contributed by atoms with E-state index in [4.69, 9.17) is 4.74 Å². The van der Waals surface area contributed by atoms with Gasteiger partial charge in [-0.15, -0.1) is 23.1 Å². The van der Waals surface area contributed by atoms with Crippen LogP contribution in [0.4, 0.5) is 5.00 Å². The minimum Gasteiger partial charge on any atom is -0.385 e. The Morgan fingerprint density at radius 1 is 1.21 bits per heavy atom. The highest BCUT2D eigenvalue weighted by Gasteiger charge is 2.27. The Kier molecular flexibility index (Phi) is 8.15. The molecule has 1 heterocycles. The number of hydrogen-bond donors (Lipinski definition) is 2. The van der Waals surface area contributed by atoms with Crippen molar-refractivity contribution in [2.75, 3.05) is 25.6 Å². The van der Waals surface area contributed by atoms with Gasteiger partial charge in [0.1, 0.15) is 5.00 Å². The third-order valence-corrected chi connectivity index (χ3v) is 7.19. The highest BCUT2D eigenvalue weighted by atomic mass is 32.2. The quantitative estimate of drug-likeness (QED) is 0.452. The van der Waals surface area contributed by atoms with Gasteiger partial charge in [0.25, 0.3) is 5.91 Å². The number of fused-ring (bicyclic) bond motifs is 1. The van der Waals surface area contributed by atoms with Gasteiger partial charge in [-0.25, -0.2) is 0 Å². The van der Waals surface area contributed by atoms with Crippen molar-refractivity contribution in [3.63, 3.8) is 0 Å². The summed E-state index contributed by atoms with van der Waals surface area (Å²) in [6.45, 7) is 3.07. The molecule has 0 saturated heterocycles. The fraction of sp³-hybridized carbons (Fsp3) is 0.455. The Labute approximate surface area is 180 Å². The van der Waals surface area contributed by atoms with Crippen molar-refractivity contribution in [3.05, 3.63) is 46.3 Å². The molecule has 2 N–H and O–H groups in total. The summed E-state index contributed by atoms with van der Waals surface area (Å²) in [5.74, 6) is -0.176. The van der Waals surface area contributed by atoms with Crippen LogP contribution in [0.15, 0.2) is 35.2 Å². The zero-order valence-electron chi connectivity index (χ0n) is 17.0. The van der Waals surface area contributed by atoms with Crippen LogP contribution in [0, 0.1) is 0 Å². The van der Waals surface area contributed by atoms with Crippen molar-refractivity contribution in [2.24, 2.45) is 0 Å². The third kappa shape index (κ3) is 5.84. The van der Waals surface area contributed by atoms with E-state index in [2.05, 4.69) is 10.6 Å². The Morgan fingerprint density at radius 2 is 1.97 bits per heavy atom. The summed E-state index contributed by atoms with van der Waals surface area (Å²) in [7, 11) is 1.65. The van der Waals surface area contributed by atoms with E-state index >= 15 is 0 Å². The molecule has 0 saturated carbocycles. The Hall–Kier alpha value is -1.83. The van der Waals surface area contributed by atoms with Gasteiger partial charge < -0.3 is 15.4 Å². The van der Waals surface area contributed by atoms with E-state index in [0.717, 1.165) is 42.6 Å². The van der Waals surface area contributed by atoms with E-state index < -0.39 is 0 Å². The van der Waals surface area contributed by atoms with Crippen LogP contribution in [0.3, 0.4) is 0 Å². The molecule has 0 bridgehead atoms. The van der Waals surface area contributed by atoms with Gasteiger partial charge in [0.05, 0.1) is 10.8 Å². The summed E-state index contributed by atoms with van der Waals surface area (Å²) >= 11 is 3.08. The van der Waals surface area contributed by atoms with Gasteiger partial charge in [-0.1, -0.05) is 18.2 Å². The van der Waals surface area contributed by atoms with Crippen molar-refractivity contribution in [1.29, 1.82) is 0 Å². The highest BCUT2D eigenvalue weighted by molar-refractivity contribution is 8.00. The van der Waals surface area contributed by atoms with E-state index in [0.29, 0.717) is 23.7 Å². The zero-order valence-corrected chi connectivity index (χ0v) is 18.6. The van der Waals surface area contributed by atoms with E-state index in [-0.39, 0.29) is 17.1 Å². The lowest BCUT2D eigenvalue weighted by Gasteiger charge is -2.14. The average Bonchev–Trinajstić information content (AvgIpc) is 3.09. The first-order chi connectivity index (χ1) is 14.1. The smallest absolute Gasteiger partial charge is 0.254 e. The number of benzene rings is 1. The Bertz CT molecular complexity index is 836. The molecule has 1 aliphatic carbocycles. The highest BCUT2D eigenvalue weighted by Crippen LogP contribution is 2.38. The Morgan fingerprint density at radius 3 is 2.72 bits per heavy atom. The van der Waals surface area contributed by atoms with E-state index in [9.17, 15) is 9.59 Å². The van der Waals surface area contributed by atoms with Gasteiger partial charge in [0.2, 0.25) is 5.91 Å². The molecule has 0 fully saturated rings. The monoisotopic (exact) mass is 432 g/mol. The maximum absolute atomic E-state index is 12.9. The molecule has 1 aromatic heterocycles. The molecule has 2 aromatic rings. The molecule has 29 heavy (non-hydrogen) atoms. The second-order valence-corrected chi connectivity index (χ2v) is 9.60. The van der Waals surface area contributed by atoms with Gasteiger partial charge in [-0.2, -0.15) is 0 Å². The number of thioether (sulfide) groups is 1. The van der Waals surface area contributed by atoms with E-state index in [1.807, 2.05) is 37.3 Å². The van der Waals surface area contributed by atoms with Crippen LogP contribution in [0.1, 0.15) is 47.0 Å². The normalized spacial score (nSPS) is 14.1. The summed E-state index contributed by atoms with van der Waals surface area (Å²) in [5.41, 5.74) is 1.77. The van der Waals surface area contributed by atoms with E-state index in [1.54, 1.807) is 18.4 Å². The number of carbonyl (C=O) groups excluding carboxylic acids is 2. The van der Waals surface area contributed by atoms with Crippen molar-refractivity contribution in [3.8, 4) is 0 Å². The molecule has 0 spiro atoms. The van der Waals surface area contributed by atoms with Gasteiger partial charge in [-0.05, 0) is 56.7 Å². The predicted octanol–water partition coefficient (Wildman–Crippen LogP) is 4.51. The number of ether oxygens (including phenoxy) is 1. The number of amides is 2. The van der Waals surface area contributed by atoms with E-state index in [1.165, 1.54) is 16.6 Å². The summed E-state index contributed by atoms with van der Waals surface area (Å²) in [4.78, 5) is 28.0. The average molecular weight is 433 g/mol.